The van der Waals surface area contributed by atoms with Crippen molar-refractivity contribution in [1.29, 1.82) is 0 Å². The first-order chi connectivity index (χ1) is 17.4. The van der Waals surface area contributed by atoms with E-state index >= 15 is 0 Å². The van der Waals surface area contributed by atoms with Gasteiger partial charge >= 0.3 is 0 Å². The number of nitrogens with zero attached hydrogens (tertiary/aromatic N) is 1. The Hall–Kier alpha value is -3.91. The maximum atomic E-state index is 13.6. The van der Waals surface area contributed by atoms with Gasteiger partial charge in [-0.25, -0.2) is 12.8 Å². The zero-order valence-corrected chi connectivity index (χ0v) is 20.5. The van der Waals surface area contributed by atoms with Gasteiger partial charge in [-0.05, 0) is 90.9 Å². The van der Waals surface area contributed by atoms with E-state index in [2.05, 4.69) is 11.4 Å². The Balaban J connectivity index is 1.46. The first kappa shape index (κ1) is 23.8. The second-order valence-electron chi connectivity index (χ2n) is 8.55. The van der Waals surface area contributed by atoms with Crippen molar-refractivity contribution in [3.63, 3.8) is 0 Å². The summed E-state index contributed by atoms with van der Waals surface area (Å²) < 4.78 is 47.2. The highest BCUT2D eigenvalue weighted by Gasteiger charge is 2.28. The Morgan fingerprint density at radius 3 is 2.33 bits per heavy atom. The third kappa shape index (κ3) is 4.52. The van der Waals surface area contributed by atoms with Crippen molar-refractivity contribution >= 4 is 38.1 Å². The molecule has 184 valence electrons. The largest absolute Gasteiger partial charge is 0.494 e. The van der Waals surface area contributed by atoms with E-state index in [1.165, 1.54) is 35.4 Å². The quantitative estimate of drug-likeness (QED) is 0.353. The van der Waals surface area contributed by atoms with E-state index in [-0.39, 0.29) is 10.6 Å². The van der Waals surface area contributed by atoms with Crippen LogP contribution < -0.4 is 14.4 Å². The lowest BCUT2D eigenvalue weighted by Gasteiger charge is -2.24. The summed E-state index contributed by atoms with van der Waals surface area (Å²) in [5.41, 5.74) is 3.29. The number of carbonyl (C=O) groups is 1. The van der Waals surface area contributed by atoms with Gasteiger partial charge in [0.05, 0.1) is 17.2 Å². The van der Waals surface area contributed by atoms with Crippen LogP contribution in [0.2, 0.25) is 0 Å². The van der Waals surface area contributed by atoms with Gasteiger partial charge in [0.1, 0.15) is 18.1 Å². The van der Waals surface area contributed by atoms with E-state index in [1.54, 1.807) is 12.1 Å². The summed E-state index contributed by atoms with van der Waals surface area (Å²) in [6, 6.07) is 20.9. The van der Waals surface area contributed by atoms with Gasteiger partial charge < -0.3 is 10.1 Å². The number of nitrogens with one attached hydrogen (secondary N) is 1. The number of carbonyl (C=O) groups excluding carboxylic acids is 1. The minimum atomic E-state index is -4.14. The van der Waals surface area contributed by atoms with Gasteiger partial charge in [-0.1, -0.05) is 24.3 Å². The molecular weight excluding hydrogens is 479 g/mol. The van der Waals surface area contributed by atoms with E-state index < -0.39 is 28.3 Å². The van der Waals surface area contributed by atoms with Crippen LogP contribution >= 0.6 is 0 Å². The average molecular weight is 505 g/mol. The number of halogens is 1. The van der Waals surface area contributed by atoms with Crippen LogP contribution in [0, 0.1) is 5.82 Å². The van der Waals surface area contributed by atoms with Crippen molar-refractivity contribution in [3.05, 3.63) is 95.8 Å². The second kappa shape index (κ2) is 9.62. The minimum Gasteiger partial charge on any atom is -0.494 e. The molecule has 6 nitrogen and oxygen atoms in total. The molecule has 5 rings (SSSR count). The van der Waals surface area contributed by atoms with E-state index in [0.717, 1.165) is 40.1 Å². The Bertz CT molecular complexity index is 1520. The van der Waals surface area contributed by atoms with Crippen LogP contribution in [0.15, 0.2) is 83.8 Å². The highest BCUT2D eigenvalue weighted by molar-refractivity contribution is 7.92. The summed E-state index contributed by atoms with van der Waals surface area (Å²) in [4.78, 5) is 13.2. The molecule has 0 bridgehead atoms. The molecule has 0 aromatic heterocycles. The molecule has 0 radical (unpaired) electrons. The van der Waals surface area contributed by atoms with Gasteiger partial charge in [0.25, 0.3) is 10.0 Å². The molecule has 4 aromatic carbocycles. The molecular formula is C28H25FN2O4S. The van der Waals surface area contributed by atoms with Gasteiger partial charge in [-0.15, -0.1) is 0 Å². The summed E-state index contributed by atoms with van der Waals surface area (Å²) >= 11 is 0. The number of hydrogen-bond donors (Lipinski definition) is 1. The standard InChI is InChI=1S/C28H25FN2O4S/c1-2-35-23-13-15-24(16-14-23)36(33,34)31(22-11-9-21(29)10-12-22)18-27(32)30-26-17-8-20-7-6-19-4-3-5-25(26)28(19)20/h3-5,8-17H,2,6-7,18H2,1H3,(H,30,32). The normalized spacial score (nSPS) is 12.5. The summed E-state index contributed by atoms with van der Waals surface area (Å²) in [5, 5.41) is 4.96. The molecule has 1 N–H and O–H groups in total. The predicted octanol–water partition coefficient (Wildman–Crippen LogP) is 5.31. The van der Waals surface area contributed by atoms with Gasteiger partial charge in [0.2, 0.25) is 5.91 Å². The fourth-order valence-electron chi connectivity index (χ4n) is 4.60. The maximum absolute atomic E-state index is 13.6. The topological polar surface area (TPSA) is 75.7 Å². The first-order valence-electron chi connectivity index (χ1n) is 11.7. The van der Waals surface area contributed by atoms with Gasteiger partial charge in [0, 0.05) is 11.1 Å². The van der Waals surface area contributed by atoms with Crippen molar-refractivity contribution in [1.82, 2.24) is 0 Å². The first-order valence-corrected chi connectivity index (χ1v) is 13.2. The summed E-state index contributed by atoms with van der Waals surface area (Å²) in [5.74, 6) is -0.475. The smallest absolute Gasteiger partial charge is 0.264 e. The number of anilines is 2. The van der Waals surface area contributed by atoms with Crippen molar-refractivity contribution in [2.45, 2.75) is 24.7 Å². The second-order valence-corrected chi connectivity index (χ2v) is 10.4. The molecule has 1 amide bonds. The molecule has 36 heavy (non-hydrogen) atoms. The van der Waals surface area contributed by atoms with Crippen molar-refractivity contribution in [3.8, 4) is 5.75 Å². The molecule has 1 aliphatic rings. The van der Waals surface area contributed by atoms with E-state index in [9.17, 15) is 17.6 Å². The van der Waals surface area contributed by atoms with E-state index in [0.29, 0.717) is 18.0 Å². The lowest BCUT2D eigenvalue weighted by molar-refractivity contribution is -0.114. The van der Waals surface area contributed by atoms with Crippen LogP contribution in [0.1, 0.15) is 18.1 Å². The Morgan fingerprint density at radius 1 is 0.944 bits per heavy atom. The van der Waals surface area contributed by atoms with E-state index in [4.69, 9.17) is 4.74 Å². The zero-order chi connectivity index (χ0) is 25.3. The third-order valence-electron chi connectivity index (χ3n) is 6.28. The summed E-state index contributed by atoms with van der Waals surface area (Å²) in [7, 11) is -4.14. The number of hydrogen-bond acceptors (Lipinski definition) is 4. The lowest BCUT2D eigenvalue weighted by atomic mass is 10.0. The molecule has 0 spiro atoms. The Morgan fingerprint density at radius 2 is 1.64 bits per heavy atom. The number of ether oxygens (including phenoxy) is 1. The van der Waals surface area contributed by atoms with Crippen LogP contribution in [-0.2, 0) is 27.7 Å². The van der Waals surface area contributed by atoms with Gasteiger partial charge in [0.15, 0.2) is 0 Å². The highest BCUT2D eigenvalue weighted by Crippen LogP contribution is 2.35. The third-order valence-corrected chi connectivity index (χ3v) is 8.06. The number of aryl methyl sites for hydroxylation is 2. The van der Waals surface area contributed by atoms with Crippen molar-refractivity contribution in [2.75, 3.05) is 22.8 Å². The molecule has 0 saturated heterocycles. The molecule has 4 aromatic rings. The highest BCUT2D eigenvalue weighted by atomic mass is 32.2. The van der Waals surface area contributed by atoms with Crippen LogP contribution in [0.4, 0.5) is 15.8 Å². The zero-order valence-electron chi connectivity index (χ0n) is 19.7. The number of benzene rings is 4. The molecule has 0 unspecified atom stereocenters. The van der Waals surface area contributed by atoms with Crippen molar-refractivity contribution < 1.29 is 22.3 Å². The minimum absolute atomic E-state index is 0.00610. The average Bonchev–Trinajstić information content (AvgIpc) is 3.30. The lowest BCUT2D eigenvalue weighted by Crippen LogP contribution is -2.38. The fourth-order valence-corrected chi connectivity index (χ4v) is 6.02. The van der Waals surface area contributed by atoms with Crippen LogP contribution in [0.25, 0.3) is 10.8 Å². The molecule has 0 heterocycles. The number of amides is 1. The molecule has 1 aliphatic carbocycles. The van der Waals surface area contributed by atoms with Crippen LogP contribution in [0.5, 0.6) is 5.75 Å². The summed E-state index contributed by atoms with van der Waals surface area (Å²) in [6.45, 7) is 1.80. The van der Waals surface area contributed by atoms with Crippen LogP contribution in [0.3, 0.4) is 0 Å². The monoisotopic (exact) mass is 504 g/mol. The summed E-state index contributed by atoms with van der Waals surface area (Å²) in [6.07, 6.45) is 1.92. The van der Waals surface area contributed by atoms with Crippen molar-refractivity contribution in [2.24, 2.45) is 0 Å². The van der Waals surface area contributed by atoms with Crippen LogP contribution in [-0.4, -0.2) is 27.5 Å². The van der Waals surface area contributed by atoms with Gasteiger partial charge in [-0.2, -0.15) is 0 Å². The number of sulfonamides is 1. The SMILES string of the molecule is CCOc1ccc(S(=O)(=O)N(CC(=O)Nc2ccc3c4c(cccc24)CC3)c2ccc(F)cc2)cc1. The maximum Gasteiger partial charge on any atom is 0.264 e. The molecule has 0 saturated carbocycles. The molecule has 8 heteroatoms. The molecule has 0 fully saturated rings. The number of rotatable bonds is 8. The molecule has 0 atom stereocenters. The molecule has 0 aliphatic heterocycles. The Kier molecular flexibility index (Phi) is 6.36. The fraction of sp³-hybridized carbons (Fsp3) is 0.179. The predicted molar refractivity (Wildman–Crippen MR) is 139 cm³/mol. The van der Waals surface area contributed by atoms with E-state index in [1.807, 2.05) is 31.2 Å². The van der Waals surface area contributed by atoms with Gasteiger partial charge in [-0.3, -0.25) is 9.10 Å². The Labute approximate surface area is 209 Å².